The number of rotatable bonds is 4. The summed E-state index contributed by atoms with van der Waals surface area (Å²) in [4.78, 5) is 13.1. The Morgan fingerprint density at radius 1 is 1.53 bits per heavy atom. The molecular weight excluding hydrogens is 196 g/mol. The fourth-order valence-electron chi connectivity index (χ4n) is 1.73. The van der Waals surface area contributed by atoms with E-state index in [1.165, 1.54) is 0 Å². The summed E-state index contributed by atoms with van der Waals surface area (Å²) in [6, 6.07) is 0. The first-order valence-electron chi connectivity index (χ1n) is 5.26. The Morgan fingerprint density at radius 3 is 2.67 bits per heavy atom. The summed E-state index contributed by atoms with van der Waals surface area (Å²) in [5.41, 5.74) is -0.767. The lowest BCUT2D eigenvalue weighted by Crippen LogP contribution is -2.48. The van der Waals surface area contributed by atoms with Crippen molar-refractivity contribution in [3.05, 3.63) is 0 Å². The molecule has 0 aromatic carbocycles. The quantitative estimate of drug-likeness (QED) is 0.646. The van der Waals surface area contributed by atoms with Crippen LogP contribution in [0.1, 0.15) is 12.8 Å². The third-order valence-corrected chi connectivity index (χ3v) is 2.71. The number of nitrogens with one attached hydrogen (secondary N) is 1. The predicted molar refractivity (Wildman–Crippen MR) is 56.6 cm³/mol. The molecule has 0 unspecified atom stereocenters. The van der Waals surface area contributed by atoms with Crippen molar-refractivity contribution in [2.24, 2.45) is 0 Å². The highest BCUT2D eigenvalue weighted by Gasteiger charge is 2.32. The molecule has 5 nitrogen and oxygen atoms in total. The van der Waals surface area contributed by atoms with Crippen molar-refractivity contribution in [1.29, 1.82) is 0 Å². The molecule has 1 aliphatic rings. The van der Waals surface area contributed by atoms with Gasteiger partial charge in [-0.1, -0.05) is 0 Å². The Balaban J connectivity index is 2.41. The van der Waals surface area contributed by atoms with E-state index in [1.54, 1.807) is 19.0 Å². The third kappa shape index (κ3) is 3.77. The average Bonchev–Trinajstić information content (AvgIpc) is 2.18. The van der Waals surface area contributed by atoms with Gasteiger partial charge < -0.3 is 20.1 Å². The van der Waals surface area contributed by atoms with Crippen LogP contribution in [0.5, 0.6) is 0 Å². The Morgan fingerprint density at radius 2 is 2.13 bits per heavy atom. The molecule has 0 saturated carbocycles. The zero-order valence-electron chi connectivity index (χ0n) is 9.45. The van der Waals surface area contributed by atoms with E-state index < -0.39 is 5.60 Å². The number of likely N-dealkylation sites (N-methyl/N-ethyl adjacent to an activating group) is 2. The predicted octanol–water partition coefficient (Wildman–Crippen LogP) is -0.794. The van der Waals surface area contributed by atoms with Crippen LogP contribution in [0.3, 0.4) is 0 Å². The van der Waals surface area contributed by atoms with Gasteiger partial charge in [0.05, 0.1) is 12.1 Å². The molecule has 5 heteroatoms. The largest absolute Gasteiger partial charge is 0.388 e. The zero-order chi connectivity index (χ0) is 11.3. The van der Waals surface area contributed by atoms with Crippen LogP contribution in [0.25, 0.3) is 0 Å². The molecule has 0 radical (unpaired) electrons. The van der Waals surface area contributed by atoms with E-state index in [0.717, 1.165) is 0 Å². The highest BCUT2D eigenvalue weighted by molar-refractivity contribution is 5.78. The van der Waals surface area contributed by atoms with Gasteiger partial charge in [0.25, 0.3) is 0 Å². The SMILES string of the molecule is CNCC(=O)N(C)CC1(O)CCOCC1. The van der Waals surface area contributed by atoms with E-state index >= 15 is 0 Å². The van der Waals surface area contributed by atoms with Gasteiger partial charge in [-0.25, -0.2) is 0 Å². The lowest BCUT2D eigenvalue weighted by atomic mass is 9.94. The highest BCUT2D eigenvalue weighted by atomic mass is 16.5. The minimum absolute atomic E-state index is 0.00239. The molecule has 1 heterocycles. The first kappa shape index (κ1) is 12.4. The molecule has 0 atom stereocenters. The van der Waals surface area contributed by atoms with Crippen LogP contribution in [-0.2, 0) is 9.53 Å². The number of carbonyl (C=O) groups is 1. The number of aliphatic hydroxyl groups is 1. The van der Waals surface area contributed by atoms with Crippen LogP contribution >= 0.6 is 0 Å². The molecule has 0 bridgehead atoms. The fraction of sp³-hybridized carbons (Fsp3) is 0.900. The summed E-state index contributed by atoms with van der Waals surface area (Å²) in [5.74, 6) is -0.00239. The molecule has 1 rings (SSSR count). The minimum atomic E-state index is -0.767. The molecular formula is C10H20N2O3. The van der Waals surface area contributed by atoms with Crippen molar-refractivity contribution >= 4 is 5.91 Å². The van der Waals surface area contributed by atoms with E-state index in [2.05, 4.69) is 5.32 Å². The maximum Gasteiger partial charge on any atom is 0.236 e. The second-order valence-electron chi connectivity index (χ2n) is 4.12. The van der Waals surface area contributed by atoms with Gasteiger partial charge in [-0.05, 0) is 7.05 Å². The Hall–Kier alpha value is -0.650. The number of amides is 1. The van der Waals surface area contributed by atoms with E-state index in [4.69, 9.17) is 4.74 Å². The molecule has 0 aromatic rings. The van der Waals surface area contributed by atoms with Gasteiger partial charge in [-0.3, -0.25) is 4.79 Å². The normalized spacial score (nSPS) is 19.9. The van der Waals surface area contributed by atoms with Crippen molar-refractivity contribution in [2.75, 3.05) is 40.4 Å². The molecule has 88 valence electrons. The molecule has 0 aromatic heterocycles. The number of hydrogen-bond donors (Lipinski definition) is 2. The van der Waals surface area contributed by atoms with Crippen molar-refractivity contribution in [1.82, 2.24) is 10.2 Å². The van der Waals surface area contributed by atoms with Gasteiger partial charge >= 0.3 is 0 Å². The van der Waals surface area contributed by atoms with Crippen LogP contribution in [0.2, 0.25) is 0 Å². The Labute approximate surface area is 90.4 Å². The molecule has 0 aliphatic carbocycles. The van der Waals surface area contributed by atoms with E-state index in [-0.39, 0.29) is 5.91 Å². The molecule has 0 spiro atoms. The zero-order valence-corrected chi connectivity index (χ0v) is 9.45. The minimum Gasteiger partial charge on any atom is -0.388 e. The van der Waals surface area contributed by atoms with Crippen LogP contribution in [0.4, 0.5) is 0 Å². The van der Waals surface area contributed by atoms with Gasteiger partial charge in [0.2, 0.25) is 5.91 Å². The molecule has 15 heavy (non-hydrogen) atoms. The second-order valence-corrected chi connectivity index (χ2v) is 4.12. The van der Waals surface area contributed by atoms with Gasteiger partial charge in [-0.2, -0.15) is 0 Å². The maximum absolute atomic E-state index is 11.5. The van der Waals surface area contributed by atoms with Crippen LogP contribution in [0, 0.1) is 0 Å². The molecule has 1 fully saturated rings. The molecule has 1 saturated heterocycles. The summed E-state index contributed by atoms with van der Waals surface area (Å²) in [6.45, 7) is 1.84. The first-order valence-corrected chi connectivity index (χ1v) is 5.26. The van der Waals surface area contributed by atoms with Gasteiger partial charge in [0, 0.05) is 39.6 Å². The van der Waals surface area contributed by atoms with E-state index in [0.29, 0.717) is 39.1 Å². The van der Waals surface area contributed by atoms with Gasteiger partial charge in [-0.15, -0.1) is 0 Å². The van der Waals surface area contributed by atoms with Crippen molar-refractivity contribution in [3.8, 4) is 0 Å². The topological polar surface area (TPSA) is 61.8 Å². The number of carbonyl (C=O) groups excluding carboxylic acids is 1. The lowest BCUT2D eigenvalue weighted by molar-refractivity contribution is -0.135. The van der Waals surface area contributed by atoms with Crippen LogP contribution < -0.4 is 5.32 Å². The van der Waals surface area contributed by atoms with Crippen molar-refractivity contribution in [2.45, 2.75) is 18.4 Å². The van der Waals surface area contributed by atoms with Crippen molar-refractivity contribution in [3.63, 3.8) is 0 Å². The summed E-state index contributed by atoms with van der Waals surface area (Å²) in [6.07, 6.45) is 1.20. The lowest BCUT2D eigenvalue weighted by Gasteiger charge is -2.35. The van der Waals surface area contributed by atoms with Crippen molar-refractivity contribution < 1.29 is 14.6 Å². The van der Waals surface area contributed by atoms with E-state index in [9.17, 15) is 9.90 Å². The van der Waals surface area contributed by atoms with Gasteiger partial charge in [0.15, 0.2) is 0 Å². The van der Waals surface area contributed by atoms with Gasteiger partial charge in [0.1, 0.15) is 0 Å². The molecule has 1 amide bonds. The maximum atomic E-state index is 11.5. The standard InChI is InChI=1S/C10H20N2O3/c1-11-7-9(13)12(2)8-10(14)3-5-15-6-4-10/h11,14H,3-8H2,1-2H3. The first-order chi connectivity index (χ1) is 7.07. The Bertz CT molecular complexity index is 215. The van der Waals surface area contributed by atoms with Crippen LogP contribution in [0.15, 0.2) is 0 Å². The number of ether oxygens (including phenoxy) is 1. The average molecular weight is 216 g/mol. The second kappa shape index (κ2) is 5.44. The van der Waals surface area contributed by atoms with Crippen LogP contribution in [-0.4, -0.2) is 61.9 Å². The highest BCUT2D eigenvalue weighted by Crippen LogP contribution is 2.21. The summed E-state index contributed by atoms with van der Waals surface area (Å²) < 4.78 is 5.18. The van der Waals surface area contributed by atoms with E-state index in [1.807, 2.05) is 0 Å². The number of nitrogens with zero attached hydrogens (tertiary/aromatic N) is 1. The number of hydrogen-bond acceptors (Lipinski definition) is 4. The molecule has 1 aliphatic heterocycles. The summed E-state index contributed by atoms with van der Waals surface area (Å²) >= 11 is 0. The summed E-state index contributed by atoms with van der Waals surface area (Å²) in [7, 11) is 3.45. The fourth-order valence-corrected chi connectivity index (χ4v) is 1.73. The monoisotopic (exact) mass is 216 g/mol. The molecule has 2 N–H and O–H groups in total. The summed E-state index contributed by atoms with van der Waals surface area (Å²) in [5, 5.41) is 13.0. The smallest absolute Gasteiger partial charge is 0.236 e. The Kier molecular flexibility index (Phi) is 4.50. The third-order valence-electron chi connectivity index (χ3n) is 2.71.